The van der Waals surface area contributed by atoms with Crippen LogP contribution in [0.25, 0.3) is 0 Å². The number of nitrogens with zero attached hydrogens (tertiary/aromatic N) is 8. The molecule has 0 aliphatic heterocycles. The van der Waals surface area contributed by atoms with E-state index in [0.717, 1.165) is 60.9 Å². The molecule has 2 aromatic carbocycles. The molecule has 0 radical (unpaired) electrons. The molecule has 43 heavy (non-hydrogen) atoms. The Balaban J connectivity index is 0.00000323. The molecule has 0 amide bonds. The lowest BCUT2D eigenvalue weighted by molar-refractivity contribution is -0.677. The number of rotatable bonds is 16. The van der Waals surface area contributed by atoms with Crippen LogP contribution in [0.5, 0.6) is 0 Å². The molecule has 0 atom stereocenters. The highest BCUT2D eigenvalue weighted by Gasteiger charge is 2.12. The third kappa shape index (κ3) is 10.3. The third-order valence-electron chi connectivity index (χ3n) is 7.05. The minimum Gasteiger partial charge on any atom is -0.372 e. The van der Waals surface area contributed by atoms with E-state index in [-0.39, 0.29) is 14.9 Å². The van der Waals surface area contributed by atoms with E-state index in [1.165, 1.54) is 30.6 Å². The Hall–Kier alpha value is -3.50. The van der Waals surface area contributed by atoms with Gasteiger partial charge in [-0.05, 0) is 128 Å². The van der Waals surface area contributed by atoms with E-state index in [4.69, 9.17) is 0 Å². The monoisotopic (exact) mass is 622 g/mol. The van der Waals surface area contributed by atoms with Crippen molar-refractivity contribution in [2.45, 2.75) is 74.9 Å². The summed E-state index contributed by atoms with van der Waals surface area (Å²) in [7, 11) is 0. The highest BCUT2D eigenvalue weighted by atomic mass is 32.1. The van der Waals surface area contributed by atoms with Gasteiger partial charge in [0.1, 0.15) is 23.8 Å². The lowest BCUT2D eigenvalue weighted by Gasteiger charge is -2.25. The van der Waals surface area contributed by atoms with Crippen LogP contribution < -0.4 is 18.9 Å². The van der Waals surface area contributed by atoms with Crippen LogP contribution in [-0.2, 0) is 13.1 Å². The second-order valence-electron chi connectivity index (χ2n) is 9.60. The lowest BCUT2D eigenvalue weighted by Crippen LogP contribution is -2.28. The first-order valence-electron chi connectivity index (χ1n) is 14.6. The van der Waals surface area contributed by atoms with Gasteiger partial charge in [0.2, 0.25) is 0 Å². The van der Waals surface area contributed by atoms with Crippen LogP contribution in [0.1, 0.15) is 61.8 Å². The Morgan fingerprint density at radius 1 is 0.558 bits per heavy atom. The van der Waals surface area contributed by atoms with Crippen LogP contribution in [-0.4, -0.2) is 26.2 Å². The number of hydrogen-bond donors (Lipinski definition) is 0. The molecule has 4 rings (SSSR count). The van der Waals surface area contributed by atoms with Crippen molar-refractivity contribution in [3.05, 3.63) is 71.7 Å². The summed E-state index contributed by atoms with van der Waals surface area (Å²) in [5.41, 5.74) is 4.23. The molecule has 0 saturated heterocycles. The number of aryl methyl sites for hydroxylation is 2. The quantitative estimate of drug-likeness (QED) is 0.0709. The summed E-state index contributed by atoms with van der Waals surface area (Å²) in [5, 5.41) is 23.6. The molecular weight excluding hydrogens is 573 g/mol. The number of hydrogen-bond acceptors (Lipinski definition) is 8. The van der Waals surface area contributed by atoms with Crippen molar-refractivity contribution in [3.8, 4) is 0 Å². The maximum atomic E-state index is 4.43. The maximum Gasteiger partial charge on any atom is 0.408 e. The Morgan fingerprint density at radius 2 is 0.953 bits per heavy atom. The molecule has 0 saturated carbocycles. The molecule has 2 aromatic heterocycles. The summed E-state index contributed by atoms with van der Waals surface area (Å²) >= 11 is 3.21. The first-order valence-corrected chi connectivity index (χ1v) is 16.4. The molecular formula is C33H50N8S2+2. The van der Waals surface area contributed by atoms with Crippen LogP contribution >= 0.6 is 22.7 Å². The van der Waals surface area contributed by atoms with Crippen molar-refractivity contribution < 1.29 is 9.13 Å². The van der Waals surface area contributed by atoms with Gasteiger partial charge in [-0.3, -0.25) is 0 Å². The molecule has 0 unspecified atom stereocenters. The zero-order chi connectivity index (χ0) is 28.9. The zero-order valence-corrected chi connectivity index (χ0v) is 26.3. The smallest absolute Gasteiger partial charge is 0.372 e. The molecule has 0 aliphatic carbocycles. The van der Waals surface area contributed by atoms with Crippen LogP contribution in [0.15, 0.2) is 92.1 Å². The van der Waals surface area contributed by atoms with Gasteiger partial charge in [-0.2, -0.15) is 0 Å². The van der Waals surface area contributed by atoms with Gasteiger partial charge in [0, 0.05) is 48.3 Å². The number of anilines is 2. The molecule has 232 valence electrons. The number of aromatic nitrogens is 2. The summed E-state index contributed by atoms with van der Waals surface area (Å²) in [6, 6.07) is 16.9. The van der Waals surface area contributed by atoms with Gasteiger partial charge in [0.25, 0.3) is 0 Å². The second-order valence-corrected chi connectivity index (χ2v) is 11.3. The summed E-state index contributed by atoms with van der Waals surface area (Å²) in [4.78, 5) is 4.88. The largest absolute Gasteiger partial charge is 0.408 e. The van der Waals surface area contributed by atoms with Gasteiger partial charge in [-0.1, -0.05) is 14.9 Å². The zero-order valence-electron chi connectivity index (χ0n) is 24.7. The fourth-order valence-corrected chi connectivity index (χ4v) is 6.10. The van der Waals surface area contributed by atoms with Gasteiger partial charge in [0.15, 0.2) is 0 Å². The summed E-state index contributed by atoms with van der Waals surface area (Å²) < 4.78 is 4.19. The molecule has 0 bridgehead atoms. The molecule has 8 nitrogen and oxygen atoms in total. The van der Waals surface area contributed by atoms with Crippen LogP contribution in [0.4, 0.5) is 33.0 Å². The Morgan fingerprint density at radius 3 is 1.30 bits per heavy atom. The van der Waals surface area contributed by atoms with E-state index in [0.29, 0.717) is 0 Å². The Labute approximate surface area is 267 Å². The van der Waals surface area contributed by atoms with Crippen molar-refractivity contribution in [2.24, 2.45) is 20.5 Å². The number of azo groups is 2. The van der Waals surface area contributed by atoms with Gasteiger partial charge in [-0.15, -0.1) is 0 Å². The lowest BCUT2D eigenvalue weighted by atomic mass is 10.2. The predicted octanol–water partition coefficient (Wildman–Crippen LogP) is 10.1. The highest BCUT2D eigenvalue weighted by Crippen LogP contribution is 2.25. The third-order valence-corrected chi connectivity index (χ3v) is 8.62. The van der Waals surface area contributed by atoms with Crippen molar-refractivity contribution >= 4 is 55.7 Å². The Bertz CT molecular complexity index is 1270. The molecule has 0 fully saturated rings. The number of thiazole rings is 2. The minimum absolute atomic E-state index is 0. The number of unbranched alkanes of at least 4 members (excludes halogenated alkanes) is 2. The minimum atomic E-state index is 0. The molecule has 0 spiro atoms. The Kier molecular flexibility index (Phi) is 15.7. The van der Waals surface area contributed by atoms with Gasteiger partial charge in [0.05, 0.1) is 23.3 Å². The number of benzene rings is 2. The van der Waals surface area contributed by atoms with Crippen molar-refractivity contribution in [3.63, 3.8) is 0 Å². The SMILES string of the molecule is C.C.CCN(CCCCCN(CC)c1ccc(N=Nc2scc[n+]2CC)cc1)c1ccc(N=Nc2scc[n+]2CC)cc1. The van der Waals surface area contributed by atoms with Gasteiger partial charge >= 0.3 is 10.3 Å². The first kappa shape index (κ1) is 35.7. The predicted molar refractivity (Wildman–Crippen MR) is 185 cm³/mol. The molecule has 0 N–H and O–H groups in total. The molecule has 4 aromatic rings. The summed E-state index contributed by atoms with van der Waals surface area (Å²) in [6.45, 7) is 14.5. The van der Waals surface area contributed by atoms with E-state index in [2.05, 4.69) is 116 Å². The maximum absolute atomic E-state index is 4.43. The van der Waals surface area contributed by atoms with E-state index >= 15 is 0 Å². The van der Waals surface area contributed by atoms with Crippen molar-refractivity contribution in [1.82, 2.24) is 0 Å². The second kappa shape index (κ2) is 18.9. The van der Waals surface area contributed by atoms with Crippen LogP contribution in [0.2, 0.25) is 0 Å². The normalized spacial score (nSPS) is 11.1. The van der Waals surface area contributed by atoms with Crippen LogP contribution in [0, 0.1) is 0 Å². The van der Waals surface area contributed by atoms with Crippen LogP contribution in [0.3, 0.4) is 0 Å². The summed E-state index contributed by atoms with van der Waals surface area (Å²) in [5.74, 6) is 0. The summed E-state index contributed by atoms with van der Waals surface area (Å²) in [6.07, 6.45) is 7.62. The van der Waals surface area contributed by atoms with Gasteiger partial charge in [-0.25, -0.2) is 9.13 Å². The first-order chi connectivity index (χ1) is 20.1. The van der Waals surface area contributed by atoms with Gasteiger partial charge < -0.3 is 9.80 Å². The topological polar surface area (TPSA) is 63.7 Å². The fraction of sp³-hybridized carbons (Fsp3) is 0.455. The van der Waals surface area contributed by atoms with E-state index in [1.54, 1.807) is 22.7 Å². The fourth-order valence-electron chi connectivity index (χ4n) is 4.62. The van der Waals surface area contributed by atoms with E-state index < -0.39 is 0 Å². The molecule has 10 heteroatoms. The van der Waals surface area contributed by atoms with Crippen molar-refractivity contribution in [2.75, 3.05) is 36.0 Å². The highest BCUT2D eigenvalue weighted by molar-refractivity contribution is 7.13. The van der Waals surface area contributed by atoms with E-state index in [9.17, 15) is 0 Å². The standard InChI is InChI=1S/C31H42N8S2.2CH4/c1-5-36(28-16-12-26(13-17-28)32-34-30-38(7-3)22-24-40-30)20-10-9-11-21-37(6-2)29-18-14-27(15-19-29)33-35-31-39(8-4)23-25-41-31;;/h12-19,22-25H,5-11,20-21H2,1-4H3;2*1H4/q+2;;. The molecule has 0 aliphatic rings. The average molecular weight is 623 g/mol. The van der Waals surface area contributed by atoms with Crippen molar-refractivity contribution in [1.29, 1.82) is 0 Å². The van der Waals surface area contributed by atoms with E-state index in [1.807, 2.05) is 23.2 Å². The molecule has 2 heterocycles. The average Bonchev–Trinajstić information content (AvgIpc) is 3.68.